The zero-order valence-electron chi connectivity index (χ0n) is 19.2. The van der Waals surface area contributed by atoms with Gasteiger partial charge >= 0.3 is 5.97 Å². The number of methoxy groups -OCH3 is 1. The molecule has 0 atom stereocenters. The molecule has 3 aromatic rings. The first-order valence-corrected chi connectivity index (χ1v) is 10.9. The summed E-state index contributed by atoms with van der Waals surface area (Å²) in [5.41, 5.74) is 4.41. The summed E-state index contributed by atoms with van der Waals surface area (Å²) in [4.78, 5) is 25.9. The molecule has 0 fully saturated rings. The quantitative estimate of drug-likeness (QED) is 0.486. The number of aliphatic carboxylic acids is 1. The zero-order chi connectivity index (χ0) is 23.8. The average Bonchev–Trinajstić information content (AvgIpc) is 2.81. The largest absolute Gasteiger partial charge is 0.496 e. The van der Waals surface area contributed by atoms with Gasteiger partial charge in [-0.3, -0.25) is 9.59 Å². The van der Waals surface area contributed by atoms with Gasteiger partial charge in [-0.25, -0.2) is 0 Å². The predicted octanol–water partition coefficient (Wildman–Crippen LogP) is 4.73. The first-order chi connectivity index (χ1) is 15.9. The van der Waals surface area contributed by atoms with E-state index in [-0.39, 0.29) is 18.9 Å². The van der Waals surface area contributed by atoms with Crippen LogP contribution in [0.5, 0.6) is 11.5 Å². The van der Waals surface area contributed by atoms with Gasteiger partial charge in [0.2, 0.25) is 0 Å². The summed E-state index contributed by atoms with van der Waals surface area (Å²) in [5.74, 6) is 0.297. The molecule has 3 aromatic carbocycles. The molecule has 0 aromatic heterocycles. The van der Waals surface area contributed by atoms with Crippen molar-refractivity contribution < 1.29 is 24.2 Å². The van der Waals surface area contributed by atoms with Crippen molar-refractivity contribution >= 4 is 11.9 Å². The summed E-state index contributed by atoms with van der Waals surface area (Å²) in [6.07, 6.45) is -0.0748. The van der Waals surface area contributed by atoms with Gasteiger partial charge in [0.15, 0.2) is 6.61 Å². The number of rotatable bonds is 10. The Morgan fingerprint density at radius 3 is 2.39 bits per heavy atom. The molecule has 0 unspecified atom stereocenters. The molecule has 1 N–H and O–H groups in total. The third kappa shape index (κ3) is 6.35. The van der Waals surface area contributed by atoms with Crippen molar-refractivity contribution in [2.24, 2.45) is 0 Å². The fourth-order valence-electron chi connectivity index (χ4n) is 3.70. The molecule has 0 saturated carbocycles. The summed E-state index contributed by atoms with van der Waals surface area (Å²) in [6.45, 7) is 4.82. The molecule has 0 heterocycles. The van der Waals surface area contributed by atoms with Gasteiger partial charge in [0, 0.05) is 18.7 Å². The molecule has 0 saturated heterocycles. The molecule has 1 amide bonds. The summed E-state index contributed by atoms with van der Waals surface area (Å²) >= 11 is 0. The van der Waals surface area contributed by atoms with Gasteiger partial charge in [-0.2, -0.15) is 0 Å². The number of carboxylic acid groups (broad SMARTS) is 1. The lowest BCUT2D eigenvalue weighted by molar-refractivity contribution is -0.136. The normalized spacial score (nSPS) is 10.5. The van der Waals surface area contributed by atoms with Gasteiger partial charge in [0.1, 0.15) is 11.5 Å². The monoisotopic (exact) mass is 447 g/mol. The van der Waals surface area contributed by atoms with Crippen molar-refractivity contribution in [3.05, 3.63) is 83.4 Å². The van der Waals surface area contributed by atoms with Crippen LogP contribution in [0.15, 0.2) is 66.7 Å². The Hall–Kier alpha value is -3.80. The lowest BCUT2D eigenvalue weighted by Crippen LogP contribution is -2.34. The maximum Gasteiger partial charge on any atom is 0.307 e. The van der Waals surface area contributed by atoms with E-state index < -0.39 is 5.97 Å². The molecule has 0 bridgehead atoms. The second-order valence-electron chi connectivity index (χ2n) is 7.78. The predicted molar refractivity (Wildman–Crippen MR) is 128 cm³/mol. The van der Waals surface area contributed by atoms with E-state index in [2.05, 4.69) is 0 Å². The van der Waals surface area contributed by atoms with Crippen LogP contribution in [0, 0.1) is 6.92 Å². The summed E-state index contributed by atoms with van der Waals surface area (Å²) in [5, 5.41) is 9.20. The lowest BCUT2D eigenvalue weighted by atomic mass is 9.94. The molecule has 0 spiro atoms. The van der Waals surface area contributed by atoms with Crippen LogP contribution in [0.4, 0.5) is 0 Å². The SMILES string of the molecule is CCN(Cc1cc(C)ccc1-c1cc(CC(=O)O)ccc1OC)C(=O)COc1ccccc1. The zero-order valence-corrected chi connectivity index (χ0v) is 19.2. The number of benzene rings is 3. The highest BCUT2D eigenvalue weighted by atomic mass is 16.5. The summed E-state index contributed by atoms with van der Waals surface area (Å²) < 4.78 is 11.2. The van der Waals surface area contributed by atoms with E-state index in [4.69, 9.17) is 9.47 Å². The maximum absolute atomic E-state index is 12.9. The molecule has 172 valence electrons. The number of para-hydroxylation sites is 1. The summed E-state index contributed by atoms with van der Waals surface area (Å²) in [6, 6.07) is 20.7. The Morgan fingerprint density at radius 1 is 0.970 bits per heavy atom. The van der Waals surface area contributed by atoms with E-state index in [0.717, 1.165) is 22.3 Å². The molecule has 33 heavy (non-hydrogen) atoms. The van der Waals surface area contributed by atoms with Gasteiger partial charge in [-0.15, -0.1) is 0 Å². The third-order valence-electron chi connectivity index (χ3n) is 5.37. The number of carboxylic acids is 1. The van der Waals surface area contributed by atoms with E-state index in [0.29, 0.717) is 30.2 Å². The number of nitrogens with zero attached hydrogens (tertiary/aromatic N) is 1. The van der Waals surface area contributed by atoms with Crippen molar-refractivity contribution in [1.29, 1.82) is 0 Å². The number of amides is 1. The van der Waals surface area contributed by atoms with Crippen LogP contribution in [-0.4, -0.2) is 42.1 Å². The Morgan fingerprint density at radius 2 is 1.73 bits per heavy atom. The maximum atomic E-state index is 12.9. The first kappa shape index (κ1) is 23.9. The van der Waals surface area contributed by atoms with Crippen molar-refractivity contribution in [2.45, 2.75) is 26.8 Å². The number of hydrogen-bond donors (Lipinski definition) is 1. The lowest BCUT2D eigenvalue weighted by Gasteiger charge is -2.24. The Balaban J connectivity index is 1.89. The Labute approximate surface area is 194 Å². The van der Waals surface area contributed by atoms with Crippen LogP contribution < -0.4 is 9.47 Å². The van der Waals surface area contributed by atoms with Crippen molar-refractivity contribution in [3.8, 4) is 22.6 Å². The van der Waals surface area contributed by atoms with E-state index in [1.807, 2.05) is 68.4 Å². The minimum Gasteiger partial charge on any atom is -0.496 e. The molecule has 0 aliphatic rings. The van der Waals surface area contributed by atoms with Gasteiger partial charge < -0.3 is 19.5 Å². The van der Waals surface area contributed by atoms with E-state index in [1.165, 1.54) is 0 Å². The standard InChI is InChI=1S/C27H29NO5/c1-4-28(26(29)18-33-22-8-6-5-7-9-22)17-21-14-19(2)10-12-23(21)24-15-20(16-27(30)31)11-13-25(24)32-3/h5-15H,4,16-18H2,1-3H3,(H,30,31). The molecule has 0 aliphatic heterocycles. The summed E-state index contributed by atoms with van der Waals surface area (Å²) in [7, 11) is 1.59. The van der Waals surface area contributed by atoms with Crippen LogP contribution in [0.25, 0.3) is 11.1 Å². The van der Waals surface area contributed by atoms with Crippen LogP contribution in [-0.2, 0) is 22.6 Å². The molecular weight excluding hydrogens is 418 g/mol. The number of hydrogen-bond acceptors (Lipinski definition) is 4. The van der Waals surface area contributed by atoms with Gasteiger partial charge in [0.25, 0.3) is 5.91 Å². The topological polar surface area (TPSA) is 76.1 Å². The fourth-order valence-corrected chi connectivity index (χ4v) is 3.70. The highest BCUT2D eigenvalue weighted by Crippen LogP contribution is 2.34. The van der Waals surface area contributed by atoms with Crippen molar-refractivity contribution in [1.82, 2.24) is 4.90 Å². The second kappa shape index (κ2) is 11.2. The minimum absolute atomic E-state index is 0.0452. The fraction of sp³-hybridized carbons (Fsp3) is 0.259. The molecule has 0 radical (unpaired) electrons. The molecule has 0 aliphatic carbocycles. The van der Waals surface area contributed by atoms with Crippen LogP contribution in [0.3, 0.4) is 0 Å². The molecular formula is C27H29NO5. The van der Waals surface area contributed by atoms with Crippen molar-refractivity contribution in [3.63, 3.8) is 0 Å². The van der Waals surface area contributed by atoms with Crippen LogP contribution in [0.2, 0.25) is 0 Å². The average molecular weight is 448 g/mol. The number of aryl methyl sites for hydroxylation is 1. The van der Waals surface area contributed by atoms with E-state index in [9.17, 15) is 14.7 Å². The Kier molecular flexibility index (Phi) is 8.08. The van der Waals surface area contributed by atoms with Gasteiger partial charge in [-0.05, 0) is 54.8 Å². The number of likely N-dealkylation sites (N-methyl/N-ethyl adjacent to an activating group) is 1. The van der Waals surface area contributed by atoms with E-state index in [1.54, 1.807) is 24.1 Å². The van der Waals surface area contributed by atoms with Crippen LogP contribution in [0.1, 0.15) is 23.6 Å². The van der Waals surface area contributed by atoms with Crippen LogP contribution >= 0.6 is 0 Å². The smallest absolute Gasteiger partial charge is 0.307 e. The highest BCUT2D eigenvalue weighted by Gasteiger charge is 2.18. The van der Waals surface area contributed by atoms with E-state index >= 15 is 0 Å². The minimum atomic E-state index is -0.892. The third-order valence-corrected chi connectivity index (χ3v) is 5.37. The molecule has 6 heteroatoms. The van der Waals surface area contributed by atoms with Crippen molar-refractivity contribution in [2.75, 3.05) is 20.3 Å². The number of carbonyl (C=O) groups excluding carboxylic acids is 1. The first-order valence-electron chi connectivity index (χ1n) is 10.9. The van der Waals surface area contributed by atoms with Gasteiger partial charge in [0.05, 0.1) is 13.5 Å². The highest BCUT2D eigenvalue weighted by molar-refractivity contribution is 5.80. The number of ether oxygens (including phenoxy) is 2. The Bertz CT molecular complexity index is 1110. The van der Waals surface area contributed by atoms with Gasteiger partial charge in [-0.1, -0.05) is 48.0 Å². The molecule has 3 rings (SSSR count). The number of carbonyl (C=O) groups is 2. The second-order valence-corrected chi connectivity index (χ2v) is 7.78. The molecule has 6 nitrogen and oxygen atoms in total.